The van der Waals surface area contributed by atoms with Crippen molar-refractivity contribution in [1.29, 1.82) is 0 Å². The molecular formula is C24H25F2NO2. The number of benzene rings is 2. The van der Waals surface area contributed by atoms with Crippen molar-refractivity contribution in [3.05, 3.63) is 59.7 Å². The minimum absolute atomic E-state index is 0.0233. The van der Waals surface area contributed by atoms with Gasteiger partial charge < -0.3 is 10.1 Å². The highest BCUT2D eigenvalue weighted by molar-refractivity contribution is 6.04. The zero-order chi connectivity index (χ0) is 20.0. The summed E-state index contributed by atoms with van der Waals surface area (Å²) >= 11 is 0. The molecule has 5 heteroatoms. The van der Waals surface area contributed by atoms with E-state index in [-0.39, 0.29) is 17.2 Å². The molecule has 0 spiro atoms. The van der Waals surface area contributed by atoms with Gasteiger partial charge in [-0.25, -0.2) is 0 Å². The number of carbonyl (C=O) groups excluding carboxylic acids is 1. The molecular weight excluding hydrogens is 372 g/mol. The molecule has 6 rings (SSSR count). The second-order valence-corrected chi connectivity index (χ2v) is 9.14. The molecule has 29 heavy (non-hydrogen) atoms. The van der Waals surface area contributed by atoms with Crippen LogP contribution in [-0.2, 0) is 5.41 Å². The lowest BCUT2D eigenvalue weighted by molar-refractivity contribution is -0.0498. The van der Waals surface area contributed by atoms with Gasteiger partial charge in [0, 0.05) is 11.3 Å². The van der Waals surface area contributed by atoms with E-state index in [0.29, 0.717) is 11.1 Å². The van der Waals surface area contributed by atoms with E-state index in [1.807, 2.05) is 12.1 Å². The van der Waals surface area contributed by atoms with Gasteiger partial charge in [-0.1, -0.05) is 18.2 Å². The lowest BCUT2D eigenvalue weighted by Gasteiger charge is -2.57. The average molecular weight is 397 g/mol. The van der Waals surface area contributed by atoms with E-state index in [2.05, 4.69) is 22.2 Å². The lowest BCUT2D eigenvalue weighted by atomic mass is 9.48. The van der Waals surface area contributed by atoms with Gasteiger partial charge >= 0.3 is 6.61 Å². The van der Waals surface area contributed by atoms with Crippen molar-refractivity contribution in [1.82, 2.24) is 0 Å². The maximum absolute atomic E-state index is 12.5. The van der Waals surface area contributed by atoms with Gasteiger partial charge in [0.15, 0.2) is 0 Å². The number of anilines is 1. The number of alkyl halides is 2. The number of hydrogen-bond acceptors (Lipinski definition) is 2. The molecule has 0 aromatic heterocycles. The second kappa shape index (κ2) is 7.12. The van der Waals surface area contributed by atoms with E-state index in [9.17, 15) is 13.6 Å². The summed E-state index contributed by atoms with van der Waals surface area (Å²) < 4.78 is 29.1. The van der Waals surface area contributed by atoms with E-state index in [1.54, 1.807) is 6.07 Å². The minimum Gasteiger partial charge on any atom is -0.435 e. The van der Waals surface area contributed by atoms with E-state index in [4.69, 9.17) is 0 Å². The Morgan fingerprint density at radius 2 is 1.59 bits per heavy atom. The molecule has 4 fully saturated rings. The molecule has 4 bridgehead atoms. The fraction of sp³-hybridized carbons (Fsp3) is 0.458. The molecule has 4 aliphatic carbocycles. The Bertz CT molecular complexity index is 874. The average Bonchev–Trinajstić information content (AvgIpc) is 2.67. The maximum Gasteiger partial charge on any atom is 0.387 e. The monoisotopic (exact) mass is 397 g/mol. The van der Waals surface area contributed by atoms with Gasteiger partial charge in [0.2, 0.25) is 0 Å². The molecule has 0 aliphatic heterocycles. The first kappa shape index (κ1) is 18.6. The smallest absolute Gasteiger partial charge is 0.387 e. The van der Waals surface area contributed by atoms with Crippen molar-refractivity contribution in [2.75, 3.05) is 5.32 Å². The van der Waals surface area contributed by atoms with Crippen LogP contribution < -0.4 is 10.1 Å². The first-order valence-corrected chi connectivity index (χ1v) is 10.5. The Hall–Kier alpha value is -2.43. The van der Waals surface area contributed by atoms with Gasteiger partial charge in [-0.3, -0.25) is 4.79 Å². The standard InChI is InChI=1S/C24H25F2NO2/c25-23(26)29-21-3-1-2-18(11-21)22(28)27-20-6-4-19(5-7-20)24-12-15-8-16(13-24)10-17(9-15)14-24/h1-7,11,15-17,23H,8-10,12-14H2,(H,27,28). The molecule has 0 heterocycles. The van der Waals surface area contributed by atoms with Crippen molar-refractivity contribution in [2.45, 2.75) is 50.6 Å². The summed E-state index contributed by atoms with van der Waals surface area (Å²) in [7, 11) is 0. The molecule has 0 saturated heterocycles. The van der Waals surface area contributed by atoms with Crippen LogP contribution in [0.1, 0.15) is 54.4 Å². The Kier molecular flexibility index (Phi) is 4.56. The Morgan fingerprint density at radius 1 is 0.966 bits per heavy atom. The van der Waals surface area contributed by atoms with Gasteiger partial charge in [-0.2, -0.15) is 8.78 Å². The highest BCUT2D eigenvalue weighted by Gasteiger charge is 2.51. The summed E-state index contributed by atoms with van der Waals surface area (Å²) in [4.78, 5) is 12.5. The summed E-state index contributed by atoms with van der Waals surface area (Å²) in [6.45, 7) is -2.91. The number of hydrogen-bond donors (Lipinski definition) is 1. The SMILES string of the molecule is O=C(Nc1ccc(C23CC4CC(CC(C4)C2)C3)cc1)c1cccc(OC(F)F)c1. The predicted molar refractivity (Wildman–Crippen MR) is 107 cm³/mol. The van der Waals surface area contributed by atoms with Gasteiger partial charge in [0.1, 0.15) is 5.75 Å². The lowest BCUT2D eigenvalue weighted by Crippen LogP contribution is -2.48. The summed E-state index contributed by atoms with van der Waals surface area (Å²) in [6.07, 6.45) is 8.18. The number of ether oxygens (including phenoxy) is 1. The maximum atomic E-state index is 12.5. The summed E-state index contributed by atoms with van der Waals surface area (Å²) in [5, 5.41) is 2.86. The molecule has 0 radical (unpaired) electrons. The van der Waals surface area contributed by atoms with Crippen LogP contribution in [0.2, 0.25) is 0 Å². The van der Waals surface area contributed by atoms with Gasteiger partial charge in [0.05, 0.1) is 0 Å². The normalized spacial score (nSPS) is 29.8. The van der Waals surface area contributed by atoms with E-state index in [1.165, 1.54) is 62.3 Å². The zero-order valence-corrected chi connectivity index (χ0v) is 16.2. The molecule has 0 atom stereocenters. The largest absolute Gasteiger partial charge is 0.435 e. The Labute approximate surface area is 169 Å². The van der Waals surface area contributed by atoms with Gasteiger partial charge in [-0.05, 0) is 97.6 Å². The zero-order valence-electron chi connectivity index (χ0n) is 16.2. The van der Waals surface area contributed by atoms with Crippen LogP contribution in [0.3, 0.4) is 0 Å². The van der Waals surface area contributed by atoms with E-state index >= 15 is 0 Å². The molecule has 152 valence electrons. The van der Waals surface area contributed by atoms with Crippen LogP contribution in [0.5, 0.6) is 5.75 Å². The molecule has 2 aromatic carbocycles. The molecule has 4 aliphatic rings. The Balaban J connectivity index is 1.29. The fourth-order valence-electron chi connectivity index (χ4n) is 6.39. The summed E-state index contributed by atoms with van der Waals surface area (Å²) in [5.74, 6) is 2.31. The summed E-state index contributed by atoms with van der Waals surface area (Å²) in [5.41, 5.74) is 2.73. The third-order valence-corrected chi connectivity index (χ3v) is 7.11. The van der Waals surface area contributed by atoms with Crippen LogP contribution >= 0.6 is 0 Å². The van der Waals surface area contributed by atoms with Crippen molar-refractivity contribution >= 4 is 11.6 Å². The van der Waals surface area contributed by atoms with Crippen molar-refractivity contribution in [2.24, 2.45) is 17.8 Å². The highest BCUT2D eigenvalue weighted by atomic mass is 19.3. The third kappa shape index (κ3) is 3.63. The number of nitrogens with one attached hydrogen (secondary N) is 1. The van der Waals surface area contributed by atoms with Gasteiger partial charge in [-0.15, -0.1) is 0 Å². The van der Waals surface area contributed by atoms with Crippen LogP contribution in [0.25, 0.3) is 0 Å². The highest BCUT2D eigenvalue weighted by Crippen LogP contribution is 2.60. The molecule has 3 nitrogen and oxygen atoms in total. The minimum atomic E-state index is -2.91. The van der Waals surface area contributed by atoms with Crippen molar-refractivity contribution in [3.63, 3.8) is 0 Å². The molecule has 1 amide bonds. The molecule has 4 saturated carbocycles. The first-order chi connectivity index (χ1) is 14.0. The van der Waals surface area contributed by atoms with Crippen LogP contribution in [0.15, 0.2) is 48.5 Å². The van der Waals surface area contributed by atoms with Crippen LogP contribution in [0.4, 0.5) is 14.5 Å². The second-order valence-electron chi connectivity index (χ2n) is 9.14. The Morgan fingerprint density at radius 3 is 2.17 bits per heavy atom. The molecule has 1 N–H and O–H groups in total. The number of halogens is 2. The fourth-order valence-corrected chi connectivity index (χ4v) is 6.39. The first-order valence-electron chi connectivity index (χ1n) is 10.5. The van der Waals surface area contributed by atoms with Crippen molar-refractivity contribution in [3.8, 4) is 5.75 Å². The molecule has 2 aromatic rings. The quantitative estimate of drug-likeness (QED) is 0.671. The molecule has 0 unspecified atom stereocenters. The number of rotatable bonds is 5. The predicted octanol–water partition coefficient (Wildman–Crippen LogP) is 6.01. The van der Waals surface area contributed by atoms with E-state index in [0.717, 1.165) is 17.8 Å². The van der Waals surface area contributed by atoms with Crippen LogP contribution in [-0.4, -0.2) is 12.5 Å². The topological polar surface area (TPSA) is 38.3 Å². The van der Waals surface area contributed by atoms with Crippen molar-refractivity contribution < 1.29 is 18.3 Å². The summed E-state index contributed by atoms with van der Waals surface area (Å²) in [6, 6.07) is 14.1. The number of amides is 1. The van der Waals surface area contributed by atoms with Gasteiger partial charge in [0.25, 0.3) is 5.91 Å². The number of carbonyl (C=O) groups is 1. The van der Waals surface area contributed by atoms with Crippen LogP contribution in [0, 0.1) is 17.8 Å². The third-order valence-electron chi connectivity index (χ3n) is 7.11. The van der Waals surface area contributed by atoms with E-state index < -0.39 is 6.61 Å².